The zero-order chi connectivity index (χ0) is 12.6. The van der Waals surface area contributed by atoms with Gasteiger partial charge in [-0.15, -0.1) is 0 Å². The maximum absolute atomic E-state index is 6.27. The minimum Gasteiger partial charge on any atom is -0.366 e. The van der Waals surface area contributed by atoms with Crippen LogP contribution in [0.5, 0.6) is 0 Å². The molecule has 18 heavy (non-hydrogen) atoms. The third-order valence-corrected chi connectivity index (χ3v) is 5.40. The number of rotatable bonds is 3. The van der Waals surface area contributed by atoms with Gasteiger partial charge >= 0.3 is 0 Å². The molecule has 3 heteroatoms. The fourth-order valence-electron chi connectivity index (χ4n) is 3.79. The van der Waals surface area contributed by atoms with Crippen molar-refractivity contribution < 1.29 is 0 Å². The highest BCUT2D eigenvalue weighted by Crippen LogP contribution is 2.50. The molecule has 0 aliphatic heterocycles. The zero-order valence-corrected chi connectivity index (χ0v) is 12.5. The van der Waals surface area contributed by atoms with Crippen LogP contribution < -0.4 is 0 Å². The van der Waals surface area contributed by atoms with E-state index in [0.717, 1.165) is 0 Å². The van der Waals surface area contributed by atoms with E-state index in [1.807, 2.05) is 6.08 Å². The van der Waals surface area contributed by atoms with Crippen LogP contribution >= 0.6 is 23.2 Å². The highest BCUT2D eigenvalue weighted by atomic mass is 35.5. The van der Waals surface area contributed by atoms with Gasteiger partial charge in [-0.1, -0.05) is 61.7 Å². The fraction of sp³-hybridized carbons (Fsp3) is 0.867. The Labute approximate surface area is 121 Å². The summed E-state index contributed by atoms with van der Waals surface area (Å²) in [6.45, 7) is 0. The number of hydrogen-bond acceptors (Lipinski definition) is 1. The first-order valence-electron chi connectivity index (χ1n) is 7.58. The van der Waals surface area contributed by atoms with Crippen LogP contribution in [0.1, 0.15) is 64.2 Å². The van der Waals surface area contributed by atoms with E-state index in [1.165, 1.54) is 69.9 Å². The Morgan fingerprint density at radius 3 is 1.56 bits per heavy atom. The summed E-state index contributed by atoms with van der Waals surface area (Å²) in [4.78, 5) is 2.62. The Bertz CT molecular complexity index is 307. The first-order chi connectivity index (χ1) is 8.68. The molecule has 0 aromatic heterocycles. The second-order valence-corrected chi connectivity index (χ2v) is 7.53. The van der Waals surface area contributed by atoms with Crippen molar-refractivity contribution in [2.45, 2.75) is 80.6 Å². The Hall–Kier alpha value is 0.120. The first-order valence-corrected chi connectivity index (χ1v) is 8.33. The average Bonchev–Trinajstić information content (AvgIpc) is 3.01. The molecule has 0 spiro atoms. The summed E-state index contributed by atoms with van der Waals surface area (Å²) in [5, 5.41) is 0. The predicted octanol–water partition coefficient (Wildman–Crippen LogP) is 5.03. The molecule has 0 heterocycles. The minimum absolute atomic E-state index is 0.644. The summed E-state index contributed by atoms with van der Waals surface area (Å²) >= 11 is 12.5. The summed E-state index contributed by atoms with van der Waals surface area (Å²) in [6, 6.07) is 1.40. The molecule has 0 unspecified atom stereocenters. The van der Waals surface area contributed by atoms with Crippen LogP contribution in [0.25, 0.3) is 0 Å². The van der Waals surface area contributed by atoms with E-state index in [2.05, 4.69) is 4.90 Å². The summed E-state index contributed by atoms with van der Waals surface area (Å²) in [5.74, 6) is 0. The van der Waals surface area contributed by atoms with Crippen LogP contribution in [0, 0.1) is 0 Å². The Morgan fingerprint density at radius 2 is 1.22 bits per heavy atom. The van der Waals surface area contributed by atoms with Crippen molar-refractivity contribution in [1.29, 1.82) is 0 Å². The number of alkyl halides is 2. The van der Waals surface area contributed by atoms with E-state index in [1.54, 1.807) is 0 Å². The minimum atomic E-state index is -0.644. The smallest absolute Gasteiger partial charge is 0.177 e. The van der Waals surface area contributed by atoms with E-state index < -0.39 is 4.33 Å². The molecule has 2 fully saturated rings. The molecule has 0 bridgehead atoms. The van der Waals surface area contributed by atoms with Gasteiger partial charge in [-0.2, -0.15) is 0 Å². The summed E-state index contributed by atoms with van der Waals surface area (Å²) in [5.41, 5.74) is 1.21. The second kappa shape index (κ2) is 5.25. The van der Waals surface area contributed by atoms with Gasteiger partial charge < -0.3 is 4.90 Å². The van der Waals surface area contributed by atoms with E-state index >= 15 is 0 Å². The molecular formula is C15H23Cl2N. The molecule has 1 nitrogen and oxygen atoms in total. The SMILES string of the molecule is ClC1(Cl)C=C1N(C1CCCCC1)C1CCCCC1. The monoisotopic (exact) mass is 287 g/mol. The van der Waals surface area contributed by atoms with Crippen LogP contribution in [-0.2, 0) is 0 Å². The maximum Gasteiger partial charge on any atom is 0.177 e. The van der Waals surface area contributed by atoms with Gasteiger partial charge in [-0.3, -0.25) is 0 Å². The summed E-state index contributed by atoms with van der Waals surface area (Å²) in [6.07, 6.45) is 15.7. The van der Waals surface area contributed by atoms with E-state index in [-0.39, 0.29) is 0 Å². The predicted molar refractivity (Wildman–Crippen MR) is 78.1 cm³/mol. The Morgan fingerprint density at radius 1 is 0.833 bits per heavy atom. The Balaban J connectivity index is 1.73. The van der Waals surface area contributed by atoms with Crippen molar-refractivity contribution in [2.24, 2.45) is 0 Å². The number of allylic oxidation sites excluding steroid dienone is 2. The van der Waals surface area contributed by atoms with Gasteiger partial charge in [-0.05, 0) is 31.8 Å². The molecule has 0 saturated heterocycles. The molecule has 0 N–H and O–H groups in total. The third-order valence-electron chi connectivity index (χ3n) is 4.79. The lowest BCUT2D eigenvalue weighted by atomic mass is 9.88. The van der Waals surface area contributed by atoms with Gasteiger partial charge in [0.2, 0.25) is 0 Å². The molecule has 0 atom stereocenters. The van der Waals surface area contributed by atoms with Gasteiger partial charge in [0.15, 0.2) is 4.33 Å². The van der Waals surface area contributed by atoms with Crippen molar-refractivity contribution >= 4 is 23.2 Å². The fourth-order valence-corrected chi connectivity index (χ4v) is 4.19. The van der Waals surface area contributed by atoms with Crippen LogP contribution in [0.15, 0.2) is 11.8 Å². The van der Waals surface area contributed by atoms with Crippen molar-refractivity contribution in [3.05, 3.63) is 11.8 Å². The third kappa shape index (κ3) is 2.67. The first kappa shape index (κ1) is 13.1. The van der Waals surface area contributed by atoms with Gasteiger partial charge in [-0.25, -0.2) is 0 Å². The summed E-state index contributed by atoms with van der Waals surface area (Å²) < 4.78 is -0.644. The number of nitrogens with zero attached hydrogens (tertiary/aromatic N) is 1. The van der Waals surface area contributed by atoms with E-state index in [4.69, 9.17) is 23.2 Å². The van der Waals surface area contributed by atoms with Gasteiger partial charge in [0.1, 0.15) is 0 Å². The van der Waals surface area contributed by atoms with Crippen LogP contribution in [-0.4, -0.2) is 21.3 Å². The van der Waals surface area contributed by atoms with Crippen LogP contribution in [0.4, 0.5) is 0 Å². The van der Waals surface area contributed by atoms with Crippen molar-refractivity contribution in [1.82, 2.24) is 4.90 Å². The van der Waals surface area contributed by atoms with Crippen LogP contribution in [0.3, 0.4) is 0 Å². The van der Waals surface area contributed by atoms with Gasteiger partial charge in [0.25, 0.3) is 0 Å². The highest BCUT2D eigenvalue weighted by molar-refractivity contribution is 6.54. The molecule has 0 aromatic rings. The lowest BCUT2D eigenvalue weighted by molar-refractivity contribution is 0.123. The standard InChI is InChI=1S/C15H23Cl2N/c16-15(17)11-14(15)18(12-7-3-1-4-8-12)13-9-5-2-6-10-13/h11-13H,1-10H2. The quantitative estimate of drug-likeness (QED) is 0.659. The number of halogens is 2. The lowest BCUT2D eigenvalue weighted by Gasteiger charge is -2.42. The van der Waals surface area contributed by atoms with Crippen LogP contribution in [0.2, 0.25) is 0 Å². The molecular weight excluding hydrogens is 265 g/mol. The van der Waals surface area contributed by atoms with E-state index in [9.17, 15) is 0 Å². The van der Waals surface area contributed by atoms with Gasteiger partial charge in [0, 0.05) is 12.1 Å². The second-order valence-electron chi connectivity index (χ2n) is 6.14. The topological polar surface area (TPSA) is 3.24 Å². The molecule has 3 aliphatic carbocycles. The molecule has 0 aromatic carbocycles. The van der Waals surface area contributed by atoms with Crippen molar-refractivity contribution in [3.8, 4) is 0 Å². The molecule has 0 radical (unpaired) electrons. The van der Waals surface area contributed by atoms with E-state index in [0.29, 0.717) is 12.1 Å². The lowest BCUT2D eigenvalue weighted by Crippen LogP contribution is -2.43. The van der Waals surface area contributed by atoms with Crippen molar-refractivity contribution in [2.75, 3.05) is 0 Å². The van der Waals surface area contributed by atoms with Crippen molar-refractivity contribution in [3.63, 3.8) is 0 Å². The molecule has 2 saturated carbocycles. The molecule has 102 valence electrons. The highest BCUT2D eigenvalue weighted by Gasteiger charge is 2.47. The van der Waals surface area contributed by atoms with Gasteiger partial charge in [0.05, 0.1) is 5.70 Å². The average molecular weight is 288 g/mol. The molecule has 0 amide bonds. The Kier molecular flexibility index (Phi) is 3.82. The largest absolute Gasteiger partial charge is 0.366 e. The number of hydrogen-bond donors (Lipinski definition) is 0. The maximum atomic E-state index is 6.27. The molecule has 3 rings (SSSR count). The normalized spacial score (nSPS) is 28.9. The summed E-state index contributed by atoms with van der Waals surface area (Å²) in [7, 11) is 0. The molecule has 3 aliphatic rings. The zero-order valence-electron chi connectivity index (χ0n) is 11.0.